The Kier molecular flexibility index (Phi) is 8.79. The lowest BCUT2D eigenvalue weighted by molar-refractivity contribution is 1.38. The molecule has 146 valence electrons. The maximum absolute atomic E-state index is 9.35. The van der Waals surface area contributed by atoms with Gasteiger partial charge in [0.05, 0.1) is 16.8 Å². The quantitative estimate of drug-likeness (QED) is 0.386. The zero-order chi connectivity index (χ0) is 22.3. The van der Waals surface area contributed by atoms with Gasteiger partial charge in [0, 0.05) is 5.69 Å². The van der Waals surface area contributed by atoms with Crippen molar-refractivity contribution in [1.82, 2.24) is 0 Å². The highest BCUT2D eigenvalue weighted by Gasteiger charge is 2.05. The zero-order valence-electron chi connectivity index (χ0n) is 16.4. The molecule has 0 saturated heterocycles. The summed E-state index contributed by atoms with van der Waals surface area (Å²) in [5.41, 5.74) is 1.65. The lowest BCUT2D eigenvalue weighted by Gasteiger charge is -2.04. The molecule has 0 aliphatic rings. The fraction of sp³-hybridized carbons (Fsp3) is 0. The van der Waals surface area contributed by atoms with Crippen LogP contribution in [0.4, 0.5) is 11.4 Å². The van der Waals surface area contributed by atoms with Gasteiger partial charge in [-0.05, 0) is 36.4 Å². The molecule has 1 N–H and O–H groups in total. The normalized spacial score (nSPS) is 12.4. The van der Waals surface area contributed by atoms with E-state index in [1.165, 1.54) is 12.2 Å². The average Bonchev–Trinajstić information content (AvgIpc) is 2.82. The van der Waals surface area contributed by atoms with Gasteiger partial charge >= 0.3 is 0 Å². The molecule has 0 aromatic heterocycles. The Labute approximate surface area is 180 Å². The maximum Gasteiger partial charge on any atom is 0.158 e. The maximum atomic E-state index is 9.35. The topological polar surface area (TPSA) is 120 Å². The van der Waals surface area contributed by atoms with Crippen molar-refractivity contribution in [2.45, 2.75) is 0 Å². The summed E-state index contributed by atoms with van der Waals surface area (Å²) in [5.74, 6) is 0. The number of nitrogens with zero attached hydrogens (tertiary/aromatic N) is 5. The van der Waals surface area contributed by atoms with E-state index in [4.69, 9.17) is 0 Å². The summed E-state index contributed by atoms with van der Waals surface area (Å²) in [6, 6.07) is 25.8. The van der Waals surface area contributed by atoms with Gasteiger partial charge in [-0.2, -0.15) is 21.0 Å². The molecule has 0 fully saturated rings. The summed E-state index contributed by atoms with van der Waals surface area (Å²) in [6.45, 7) is 0. The number of hydrogen-bond donors (Lipinski definition) is 1. The fourth-order valence-electron chi connectivity index (χ4n) is 2.31. The number of nitriles is 4. The number of benzene rings is 2. The molecule has 31 heavy (non-hydrogen) atoms. The first-order valence-corrected chi connectivity index (χ1v) is 9.07. The van der Waals surface area contributed by atoms with Crippen molar-refractivity contribution in [3.63, 3.8) is 0 Å². The molecule has 0 heterocycles. The molecule has 6 nitrogen and oxygen atoms in total. The van der Waals surface area contributed by atoms with Gasteiger partial charge in [0.2, 0.25) is 0 Å². The van der Waals surface area contributed by atoms with Crippen LogP contribution < -0.4 is 5.32 Å². The van der Waals surface area contributed by atoms with Crippen LogP contribution in [0.25, 0.3) is 0 Å². The van der Waals surface area contributed by atoms with Gasteiger partial charge in [-0.1, -0.05) is 54.6 Å². The minimum atomic E-state index is -0.00114. The van der Waals surface area contributed by atoms with Gasteiger partial charge in [-0.15, -0.1) is 0 Å². The monoisotopic (exact) mass is 400 g/mol. The molecular formula is C25H16N6. The molecule has 0 saturated carbocycles. The lowest BCUT2D eigenvalue weighted by atomic mass is 10.1. The van der Waals surface area contributed by atoms with Crippen molar-refractivity contribution in [3.05, 3.63) is 108 Å². The van der Waals surface area contributed by atoms with E-state index >= 15 is 0 Å². The van der Waals surface area contributed by atoms with Crippen molar-refractivity contribution < 1.29 is 0 Å². The second-order valence-electron chi connectivity index (χ2n) is 5.85. The molecule has 0 bridgehead atoms. The van der Waals surface area contributed by atoms with Crippen LogP contribution in [0.1, 0.15) is 0 Å². The summed E-state index contributed by atoms with van der Waals surface area (Å²) in [5, 5.41) is 40.3. The number of rotatable bonds is 7. The Hall–Kier alpha value is -5.17. The summed E-state index contributed by atoms with van der Waals surface area (Å²) >= 11 is 0. The predicted molar refractivity (Wildman–Crippen MR) is 119 cm³/mol. The number of aliphatic imine (C=N–C) groups is 1. The van der Waals surface area contributed by atoms with Crippen molar-refractivity contribution in [2.24, 2.45) is 4.99 Å². The molecule has 2 aromatic carbocycles. The zero-order valence-corrected chi connectivity index (χ0v) is 16.4. The van der Waals surface area contributed by atoms with Crippen LogP contribution in [-0.2, 0) is 0 Å². The van der Waals surface area contributed by atoms with Crippen LogP contribution in [-0.4, -0.2) is 5.71 Å². The third-order valence-corrected chi connectivity index (χ3v) is 3.77. The van der Waals surface area contributed by atoms with E-state index in [1.54, 1.807) is 54.6 Å². The molecular weight excluding hydrogens is 384 g/mol. The Bertz CT molecular complexity index is 1220. The summed E-state index contributed by atoms with van der Waals surface area (Å²) in [4.78, 5) is 4.18. The number of anilines is 1. The molecule has 6 heteroatoms. The van der Waals surface area contributed by atoms with E-state index in [2.05, 4.69) is 10.3 Å². The van der Waals surface area contributed by atoms with Crippen molar-refractivity contribution >= 4 is 17.1 Å². The van der Waals surface area contributed by atoms with E-state index in [1.807, 2.05) is 48.5 Å². The second kappa shape index (κ2) is 12.3. The first-order chi connectivity index (χ1) is 15.2. The highest BCUT2D eigenvalue weighted by molar-refractivity contribution is 6.15. The molecule has 0 aliphatic carbocycles. The SMILES string of the molecule is N#CC(=Nc1ccccc1)/C(C#N)=C/C=C/C=C/C(C#N)=C(\C#N)Nc1ccccc1. The molecule has 0 spiro atoms. The van der Waals surface area contributed by atoms with E-state index in [0.29, 0.717) is 11.4 Å². The van der Waals surface area contributed by atoms with Gasteiger partial charge in [0.15, 0.2) is 5.71 Å². The van der Waals surface area contributed by atoms with E-state index in [-0.39, 0.29) is 22.6 Å². The smallest absolute Gasteiger partial charge is 0.158 e. The van der Waals surface area contributed by atoms with Gasteiger partial charge in [-0.3, -0.25) is 0 Å². The van der Waals surface area contributed by atoms with Gasteiger partial charge in [0.25, 0.3) is 0 Å². The van der Waals surface area contributed by atoms with Crippen LogP contribution in [0, 0.1) is 45.3 Å². The third-order valence-electron chi connectivity index (χ3n) is 3.77. The predicted octanol–water partition coefficient (Wildman–Crippen LogP) is 5.26. The summed E-state index contributed by atoms with van der Waals surface area (Å²) in [7, 11) is 0. The number of nitrogens with one attached hydrogen (secondary N) is 1. The molecule has 0 aliphatic heterocycles. The van der Waals surface area contributed by atoms with Crippen LogP contribution in [0.3, 0.4) is 0 Å². The first kappa shape index (κ1) is 22.1. The first-order valence-electron chi connectivity index (χ1n) is 9.07. The number of hydrogen-bond acceptors (Lipinski definition) is 6. The minimum absolute atomic E-state index is 0.00114. The molecule has 2 rings (SSSR count). The summed E-state index contributed by atoms with van der Waals surface area (Å²) < 4.78 is 0. The van der Waals surface area contributed by atoms with Crippen molar-refractivity contribution in [2.75, 3.05) is 5.32 Å². The van der Waals surface area contributed by atoms with Crippen LogP contribution >= 0.6 is 0 Å². The Morgan fingerprint density at radius 3 is 2.00 bits per heavy atom. The van der Waals surface area contributed by atoms with Gasteiger partial charge < -0.3 is 5.32 Å². The van der Waals surface area contributed by atoms with Gasteiger partial charge in [0.1, 0.15) is 30.0 Å². The van der Waals surface area contributed by atoms with Crippen LogP contribution in [0.5, 0.6) is 0 Å². The lowest BCUT2D eigenvalue weighted by Crippen LogP contribution is -1.99. The van der Waals surface area contributed by atoms with Crippen LogP contribution in [0.15, 0.2) is 113 Å². The molecule has 0 atom stereocenters. The second-order valence-corrected chi connectivity index (χ2v) is 5.85. The number of para-hydroxylation sites is 2. The summed E-state index contributed by atoms with van der Waals surface area (Å²) in [6.07, 6.45) is 7.64. The van der Waals surface area contributed by atoms with E-state index in [0.717, 1.165) is 0 Å². The van der Waals surface area contributed by atoms with Crippen LogP contribution in [0.2, 0.25) is 0 Å². The van der Waals surface area contributed by atoms with E-state index in [9.17, 15) is 21.0 Å². The van der Waals surface area contributed by atoms with E-state index < -0.39 is 0 Å². The minimum Gasteiger partial charge on any atom is -0.346 e. The molecule has 0 unspecified atom stereocenters. The highest BCUT2D eigenvalue weighted by Crippen LogP contribution is 2.13. The molecule has 0 amide bonds. The third kappa shape index (κ3) is 7.05. The molecule has 0 radical (unpaired) electrons. The number of allylic oxidation sites excluding steroid dienone is 8. The Morgan fingerprint density at radius 1 is 0.742 bits per heavy atom. The average molecular weight is 400 g/mol. The van der Waals surface area contributed by atoms with Crippen molar-refractivity contribution in [1.29, 1.82) is 21.0 Å². The van der Waals surface area contributed by atoms with Crippen molar-refractivity contribution in [3.8, 4) is 24.3 Å². The largest absolute Gasteiger partial charge is 0.346 e. The standard InChI is InChI=1S/C25H16N6/c26-16-20(24(18-28)30-22-12-6-2-7-13-22)10-4-1-5-11-21(17-27)25(19-29)31-23-14-8-3-9-15-23/h1-15,30H/b5-1+,10-4+,21-11+,24-20-,31-25?. The van der Waals surface area contributed by atoms with Gasteiger partial charge in [-0.25, -0.2) is 4.99 Å². The Balaban J connectivity index is 2.18. The fourth-order valence-corrected chi connectivity index (χ4v) is 2.31. The molecule has 2 aromatic rings. The highest BCUT2D eigenvalue weighted by atomic mass is 14.9. The Morgan fingerprint density at radius 2 is 1.42 bits per heavy atom.